The number of nitrogens with two attached hydrogens (primary N) is 1. The van der Waals surface area contributed by atoms with Gasteiger partial charge < -0.3 is 5.73 Å². The summed E-state index contributed by atoms with van der Waals surface area (Å²) in [6.45, 7) is 3.39. The van der Waals surface area contributed by atoms with Gasteiger partial charge in [0.05, 0.1) is 5.69 Å². The van der Waals surface area contributed by atoms with Crippen LogP contribution in [0.4, 0.5) is 5.82 Å². The smallest absolute Gasteiger partial charge is 0.145 e. The Morgan fingerprint density at radius 2 is 2.25 bits per heavy atom. The fraction of sp³-hybridized carbons (Fsp3) is 0.467. The van der Waals surface area contributed by atoms with Crippen LogP contribution in [0.1, 0.15) is 24.1 Å². The fourth-order valence-corrected chi connectivity index (χ4v) is 3.57. The molecule has 0 bridgehead atoms. The zero-order valence-electron chi connectivity index (χ0n) is 11.5. The lowest BCUT2D eigenvalue weighted by atomic mass is 9.93. The summed E-state index contributed by atoms with van der Waals surface area (Å²) in [6.07, 6.45) is 6.85. The van der Waals surface area contributed by atoms with Gasteiger partial charge in [0, 0.05) is 25.5 Å². The number of piperidine rings is 1. The van der Waals surface area contributed by atoms with Crippen molar-refractivity contribution < 1.29 is 0 Å². The van der Waals surface area contributed by atoms with E-state index in [0.29, 0.717) is 11.7 Å². The molecular weight excluding hydrogens is 268 g/mol. The summed E-state index contributed by atoms with van der Waals surface area (Å²) in [6, 6.07) is 2.22. The topological polar surface area (TPSA) is 55.0 Å². The molecule has 2 aromatic rings. The quantitative estimate of drug-likeness (QED) is 0.939. The molecule has 1 saturated heterocycles. The molecule has 0 unspecified atom stereocenters. The van der Waals surface area contributed by atoms with Crippen molar-refractivity contribution in [1.82, 2.24) is 14.9 Å². The van der Waals surface area contributed by atoms with Crippen molar-refractivity contribution >= 4 is 17.2 Å². The van der Waals surface area contributed by atoms with E-state index >= 15 is 0 Å². The minimum Gasteiger partial charge on any atom is -0.382 e. The SMILES string of the molecule is Nc1nccnc1C[C@@H]1CCCN(Cc2ccsc2)C1. The van der Waals surface area contributed by atoms with E-state index in [0.717, 1.165) is 25.2 Å². The normalized spacial score (nSPS) is 20.1. The molecule has 3 rings (SSSR count). The predicted molar refractivity (Wildman–Crippen MR) is 82.5 cm³/mol. The van der Waals surface area contributed by atoms with Crippen LogP contribution in [0, 0.1) is 5.92 Å². The molecule has 20 heavy (non-hydrogen) atoms. The number of hydrogen-bond donors (Lipinski definition) is 1. The first kappa shape index (κ1) is 13.5. The molecule has 0 amide bonds. The number of likely N-dealkylation sites (tertiary alicyclic amines) is 1. The molecule has 1 aliphatic rings. The Kier molecular flexibility index (Phi) is 4.28. The van der Waals surface area contributed by atoms with Crippen LogP contribution < -0.4 is 5.73 Å². The maximum absolute atomic E-state index is 5.90. The first-order valence-corrected chi connectivity index (χ1v) is 8.04. The monoisotopic (exact) mass is 288 g/mol. The molecule has 0 aromatic carbocycles. The van der Waals surface area contributed by atoms with Gasteiger partial charge in [-0.05, 0) is 54.1 Å². The summed E-state index contributed by atoms with van der Waals surface area (Å²) >= 11 is 1.77. The third-order valence-corrected chi connectivity index (χ3v) is 4.61. The molecule has 4 nitrogen and oxygen atoms in total. The summed E-state index contributed by atoms with van der Waals surface area (Å²) < 4.78 is 0. The molecule has 0 aliphatic carbocycles. The van der Waals surface area contributed by atoms with E-state index in [1.807, 2.05) is 0 Å². The summed E-state index contributed by atoms with van der Waals surface area (Å²) in [7, 11) is 0. The maximum atomic E-state index is 5.90. The lowest BCUT2D eigenvalue weighted by Crippen LogP contribution is -2.35. The second-order valence-electron chi connectivity index (χ2n) is 5.47. The zero-order chi connectivity index (χ0) is 13.8. The van der Waals surface area contributed by atoms with E-state index in [2.05, 4.69) is 31.7 Å². The Bertz CT molecular complexity index is 541. The molecule has 3 heterocycles. The maximum Gasteiger partial charge on any atom is 0.145 e. The molecule has 1 atom stereocenters. The second-order valence-corrected chi connectivity index (χ2v) is 6.25. The van der Waals surface area contributed by atoms with Crippen LogP contribution in [-0.4, -0.2) is 28.0 Å². The third kappa shape index (κ3) is 3.35. The van der Waals surface area contributed by atoms with Crippen molar-refractivity contribution in [1.29, 1.82) is 0 Å². The van der Waals surface area contributed by atoms with Crippen molar-refractivity contribution in [3.05, 3.63) is 40.5 Å². The van der Waals surface area contributed by atoms with Crippen LogP contribution in [0.2, 0.25) is 0 Å². The van der Waals surface area contributed by atoms with Crippen LogP contribution in [-0.2, 0) is 13.0 Å². The Balaban J connectivity index is 1.59. The van der Waals surface area contributed by atoms with Crippen molar-refractivity contribution in [2.24, 2.45) is 5.92 Å². The number of nitrogen functional groups attached to an aromatic ring is 1. The highest BCUT2D eigenvalue weighted by atomic mass is 32.1. The lowest BCUT2D eigenvalue weighted by Gasteiger charge is -2.32. The number of nitrogens with zero attached hydrogens (tertiary/aromatic N) is 3. The van der Waals surface area contributed by atoms with Crippen LogP contribution in [0.5, 0.6) is 0 Å². The molecular formula is C15H20N4S. The van der Waals surface area contributed by atoms with Gasteiger partial charge in [0.1, 0.15) is 5.82 Å². The molecule has 1 aliphatic heterocycles. The van der Waals surface area contributed by atoms with Crippen molar-refractivity contribution in [3.8, 4) is 0 Å². The minimum atomic E-state index is 0.586. The van der Waals surface area contributed by atoms with Gasteiger partial charge >= 0.3 is 0 Å². The Morgan fingerprint density at radius 1 is 1.35 bits per heavy atom. The molecule has 106 valence electrons. The van der Waals surface area contributed by atoms with E-state index in [1.54, 1.807) is 23.7 Å². The molecule has 2 N–H and O–H groups in total. The fourth-order valence-electron chi connectivity index (χ4n) is 2.91. The summed E-state index contributed by atoms with van der Waals surface area (Å²) in [5.74, 6) is 1.23. The largest absolute Gasteiger partial charge is 0.382 e. The first-order chi connectivity index (χ1) is 9.81. The lowest BCUT2D eigenvalue weighted by molar-refractivity contribution is 0.166. The molecule has 0 saturated carbocycles. The van der Waals surface area contributed by atoms with E-state index in [1.165, 1.54) is 24.9 Å². The highest BCUT2D eigenvalue weighted by Gasteiger charge is 2.21. The number of hydrogen-bond acceptors (Lipinski definition) is 5. The number of aromatic nitrogens is 2. The van der Waals surface area contributed by atoms with Crippen molar-refractivity contribution in [2.75, 3.05) is 18.8 Å². The van der Waals surface area contributed by atoms with E-state index in [9.17, 15) is 0 Å². The predicted octanol–water partition coefficient (Wildman–Crippen LogP) is 2.58. The van der Waals surface area contributed by atoms with Gasteiger partial charge in [-0.3, -0.25) is 9.88 Å². The van der Waals surface area contributed by atoms with Crippen LogP contribution >= 0.6 is 11.3 Å². The average molecular weight is 288 g/mol. The van der Waals surface area contributed by atoms with E-state index in [4.69, 9.17) is 5.73 Å². The third-order valence-electron chi connectivity index (χ3n) is 3.88. The summed E-state index contributed by atoms with van der Waals surface area (Å²) in [5.41, 5.74) is 8.28. The highest BCUT2D eigenvalue weighted by molar-refractivity contribution is 7.07. The Hall–Kier alpha value is -1.46. The standard InChI is InChI=1S/C15H20N4S/c16-15-14(17-4-5-18-15)8-12-2-1-6-19(9-12)10-13-3-7-20-11-13/h3-5,7,11-12H,1-2,6,8-10H2,(H2,16,18)/t12-/m0/s1. The number of anilines is 1. The zero-order valence-corrected chi connectivity index (χ0v) is 12.4. The van der Waals surface area contributed by atoms with Gasteiger partial charge in [0.25, 0.3) is 0 Å². The van der Waals surface area contributed by atoms with Gasteiger partial charge in [0.15, 0.2) is 0 Å². The Morgan fingerprint density at radius 3 is 3.05 bits per heavy atom. The first-order valence-electron chi connectivity index (χ1n) is 7.10. The molecule has 5 heteroatoms. The molecule has 1 fully saturated rings. The van der Waals surface area contributed by atoms with Crippen molar-refractivity contribution in [2.45, 2.75) is 25.8 Å². The molecule has 0 radical (unpaired) electrons. The molecule has 0 spiro atoms. The van der Waals surface area contributed by atoms with Crippen molar-refractivity contribution in [3.63, 3.8) is 0 Å². The Labute approximate surface area is 123 Å². The molecule has 2 aromatic heterocycles. The van der Waals surface area contributed by atoms with Crippen LogP contribution in [0.3, 0.4) is 0 Å². The van der Waals surface area contributed by atoms with Gasteiger partial charge in [-0.25, -0.2) is 4.98 Å². The minimum absolute atomic E-state index is 0.586. The van der Waals surface area contributed by atoms with Gasteiger partial charge in [-0.15, -0.1) is 0 Å². The number of rotatable bonds is 4. The highest BCUT2D eigenvalue weighted by Crippen LogP contribution is 2.23. The van der Waals surface area contributed by atoms with Crippen LogP contribution in [0.15, 0.2) is 29.2 Å². The second kappa shape index (κ2) is 6.33. The van der Waals surface area contributed by atoms with E-state index in [-0.39, 0.29) is 0 Å². The van der Waals surface area contributed by atoms with Crippen LogP contribution in [0.25, 0.3) is 0 Å². The van der Waals surface area contributed by atoms with Gasteiger partial charge in [0.2, 0.25) is 0 Å². The summed E-state index contributed by atoms with van der Waals surface area (Å²) in [4.78, 5) is 11.0. The number of thiophene rings is 1. The van der Waals surface area contributed by atoms with Gasteiger partial charge in [-0.2, -0.15) is 11.3 Å². The van der Waals surface area contributed by atoms with Gasteiger partial charge in [-0.1, -0.05) is 0 Å². The average Bonchev–Trinajstić information content (AvgIpc) is 2.95. The van der Waals surface area contributed by atoms with E-state index < -0.39 is 0 Å². The summed E-state index contributed by atoms with van der Waals surface area (Å²) in [5, 5.41) is 4.39.